The topological polar surface area (TPSA) is 17.1 Å². The highest BCUT2D eigenvalue weighted by molar-refractivity contribution is 9.10. The summed E-state index contributed by atoms with van der Waals surface area (Å²) in [4.78, 5) is 13.0. The van der Waals surface area contributed by atoms with Crippen LogP contribution in [0, 0.1) is 34.8 Å². The van der Waals surface area contributed by atoms with Gasteiger partial charge in [-0.2, -0.15) is 0 Å². The second-order valence-corrected chi connectivity index (χ2v) is 8.13. The van der Waals surface area contributed by atoms with Gasteiger partial charge in [0.25, 0.3) is 0 Å². The van der Waals surface area contributed by atoms with Crippen molar-refractivity contribution in [3.05, 3.63) is 33.8 Å². The predicted molar refractivity (Wildman–Crippen MR) is 79.0 cm³/mol. The van der Waals surface area contributed by atoms with Crippen LogP contribution in [0.3, 0.4) is 0 Å². The molecule has 0 N–H and O–H groups in total. The van der Waals surface area contributed by atoms with Crippen molar-refractivity contribution in [2.24, 2.45) is 23.2 Å². The van der Waals surface area contributed by atoms with Gasteiger partial charge in [0.1, 0.15) is 11.6 Å². The summed E-state index contributed by atoms with van der Waals surface area (Å²) in [6.45, 7) is 0. The lowest BCUT2D eigenvalue weighted by Crippen LogP contribution is -2.50. The Morgan fingerprint density at radius 3 is 2.05 bits per heavy atom. The molecule has 0 aliphatic heterocycles. The molecule has 4 saturated carbocycles. The zero-order valence-electron chi connectivity index (χ0n) is 11.7. The third-order valence-electron chi connectivity index (χ3n) is 5.77. The molecule has 0 saturated heterocycles. The lowest BCUT2D eigenvalue weighted by Gasteiger charge is -2.55. The molecular formula is C17H17BrF2O. The van der Waals surface area contributed by atoms with Crippen molar-refractivity contribution >= 4 is 21.7 Å². The Kier molecular flexibility index (Phi) is 3.04. The summed E-state index contributed by atoms with van der Waals surface area (Å²) in [6.07, 6.45) is 6.29. The van der Waals surface area contributed by atoms with Gasteiger partial charge in [-0.05, 0) is 84.3 Å². The molecule has 1 aromatic rings. The number of Topliss-reactive ketones (excluding diaryl/α,β-unsaturated/α-hetero) is 1. The lowest BCUT2D eigenvalue weighted by molar-refractivity contribution is -0.0355. The minimum absolute atomic E-state index is 0.0577. The summed E-state index contributed by atoms with van der Waals surface area (Å²) in [7, 11) is 0. The zero-order valence-corrected chi connectivity index (χ0v) is 13.3. The molecule has 0 atom stereocenters. The van der Waals surface area contributed by atoms with E-state index in [4.69, 9.17) is 0 Å². The first-order chi connectivity index (χ1) is 9.97. The Balaban J connectivity index is 1.73. The van der Waals surface area contributed by atoms with Gasteiger partial charge in [-0.3, -0.25) is 4.79 Å². The van der Waals surface area contributed by atoms with Gasteiger partial charge in [-0.25, -0.2) is 8.78 Å². The van der Waals surface area contributed by atoms with Crippen molar-refractivity contribution in [2.75, 3.05) is 0 Å². The largest absolute Gasteiger partial charge is 0.293 e. The molecule has 5 rings (SSSR count). The highest BCUT2D eigenvalue weighted by Crippen LogP contribution is 2.61. The number of carbonyl (C=O) groups is 1. The summed E-state index contributed by atoms with van der Waals surface area (Å²) in [5.41, 5.74) is -0.479. The average molecular weight is 355 g/mol. The molecule has 4 bridgehead atoms. The average Bonchev–Trinajstić information content (AvgIpc) is 2.40. The highest BCUT2D eigenvalue weighted by Gasteiger charge is 2.54. The fourth-order valence-electron chi connectivity index (χ4n) is 5.37. The van der Waals surface area contributed by atoms with Crippen LogP contribution in [0.15, 0.2) is 16.6 Å². The summed E-state index contributed by atoms with van der Waals surface area (Å²) in [5, 5.41) is 0. The number of carbonyl (C=O) groups excluding carboxylic acids is 1. The van der Waals surface area contributed by atoms with Gasteiger partial charge in [-0.1, -0.05) is 0 Å². The molecule has 1 aromatic carbocycles. The smallest absolute Gasteiger partial charge is 0.172 e. The maximum atomic E-state index is 14.1. The monoisotopic (exact) mass is 354 g/mol. The molecule has 0 heterocycles. The molecule has 0 spiro atoms. The van der Waals surface area contributed by atoms with Crippen molar-refractivity contribution < 1.29 is 13.6 Å². The van der Waals surface area contributed by atoms with Gasteiger partial charge in [0.05, 0.1) is 10.0 Å². The maximum Gasteiger partial charge on any atom is 0.172 e. The zero-order chi connectivity index (χ0) is 14.8. The standard InChI is InChI=1S/C17H17BrF2O/c18-13-5-14(19)12(4-15(13)20)16(21)17-6-9-1-10(7-17)3-11(2-9)8-17/h4-5,9-11H,1-3,6-8H2. The molecule has 4 fully saturated rings. The molecule has 0 amide bonds. The van der Waals surface area contributed by atoms with Crippen LogP contribution in [-0.4, -0.2) is 5.78 Å². The van der Waals surface area contributed by atoms with Crippen LogP contribution >= 0.6 is 15.9 Å². The second kappa shape index (κ2) is 4.61. The van der Waals surface area contributed by atoms with E-state index >= 15 is 0 Å². The molecule has 112 valence electrons. The van der Waals surface area contributed by atoms with Crippen LogP contribution in [0.25, 0.3) is 0 Å². The van der Waals surface area contributed by atoms with E-state index < -0.39 is 17.0 Å². The molecule has 4 heteroatoms. The first-order valence-corrected chi connectivity index (χ1v) is 8.45. The van der Waals surface area contributed by atoms with Crippen LogP contribution < -0.4 is 0 Å². The number of rotatable bonds is 2. The summed E-state index contributed by atoms with van der Waals surface area (Å²) < 4.78 is 27.9. The van der Waals surface area contributed by atoms with E-state index in [0.29, 0.717) is 17.8 Å². The molecule has 0 radical (unpaired) electrons. The van der Waals surface area contributed by atoms with E-state index in [1.54, 1.807) is 0 Å². The van der Waals surface area contributed by atoms with Gasteiger partial charge < -0.3 is 0 Å². The Morgan fingerprint density at radius 1 is 1.00 bits per heavy atom. The Hall–Kier alpha value is -0.770. The number of hydrogen-bond donors (Lipinski definition) is 0. The van der Waals surface area contributed by atoms with Crippen LogP contribution in [-0.2, 0) is 0 Å². The fraction of sp³-hybridized carbons (Fsp3) is 0.588. The number of ketones is 1. The van der Waals surface area contributed by atoms with Crippen LogP contribution in [0.1, 0.15) is 48.9 Å². The number of halogens is 3. The quantitative estimate of drug-likeness (QED) is 0.531. The van der Waals surface area contributed by atoms with E-state index in [-0.39, 0.29) is 15.8 Å². The maximum absolute atomic E-state index is 14.1. The third kappa shape index (κ3) is 2.09. The summed E-state index contributed by atoms with van der Waals surface area (Å²) in [6, 6.07) is 2.14. The Morgan fingerprint density at radius 2 is 1.52 bits per heavy atom. The molecule has 4 aliphatic carbocycles. The van der Waals surface area contributed by atoms with Crippen molar-refractivity contribution in [1.82, 2.24) is 0 Å². The first-order valence-electron chi connectivity index (χ1n) is 7.66. The summed E-state index contributed by atoms with van der Waals surface area (Å²) >= 11 is 2.97. The van der Waals surface area contributed by atoms with Gasteiger partial charge in [0.2, 0.25) is 0 Å². The van der Waals surface area contributed by atoms with Gasteiger partial charge in [0.15, 0.2) is 5.78 Å². The van der Waals surface area contributed by atoms with Crippen LogP contribution in [0.4, 0.5) is 8.78 Å². The van der Waals surface area contributed by atoms with Crippen molar-refractivity contribution in [3.63, 3.8) is 0 Å². The Bertz CT molecular complexity index is 590. The van der Waals surface area contributed by atoms with Crippen molar-refractivity contribution in [1.29, 1.82) is 0 Å². The molecule has 1 nitrogen and oxygen atoms in total. The molecule has 4 aliphatic rings. The van der Waals surface area contributed by atoms with Gasteiger partial charge in [-0.15, -0.1) is 0 Å². The predicted octanol–water partition coefficient (Wildman–Crippen LogP) is 5.13. The number of hydrogen-bond acceptors (Lipinski definition) is 1. The molecular weight excluding hydrogens is 338 g/mol. The molecule has 0 aromatic heterocycles. The minimum atomic E-state index is -0.607. The highest BCUT2D eigenvalue weighted by atomic mass is 79.9. The van der Waals surface area contributed by atoms with E-state index in [0.717, 1.165) is 31.4 Å². The van der Waals surface area contributed by atoms with Crippen molar-refractivity contribution in [2.45, 2.75) is 38.5 Å². The fourth-order valence-corrected chi connectivity index (χ4v) is 5.69. The SMILES string of the molecule is O=C(c1cc(F)c(Br)cc1F)C12CC3CC(CC(C3)C1)C2. The van der Waals surface area contributed by atoms with E-state index in [2.05, 4.69) is 15.9 Å². The number of benzene rings is 1. The molecule has 21 heavy (non-hydrogen) atoms. The van der Waals surface area contributed by atoms with E-state index in [1.165, 1.54) is 19.3 Å². The van der Waals surface area contributed by atoms with E-state index in [1.807, 2.05) is 0 Å². The summed E-state index contributed by atoms with van der Waals surface area (Å²) in [5.74, 6) is 0.509. The van der Waals surface area contributed by atoms with Crippen LogP contribution in [0.5, 0.6) is 0 Å². The van der Waals surface area contributed by atoms with Gasteiger partial charge >= 0.3 is 0 Å². The third-order valence-corrected chi connectivity index (χ3v) is 6.38. The lowest BCUT2D eigenvalue weighted by atomic mass is 9.48. The first kappa shape index (κ1) is 13.9. The Labute approximate surface area is 131 Å². The minimum Gasteiger partial charge on any atom is -0.293 e. The van der Waals surface area contributed by atoms with Crippen molar-refractivity contribution in [3.8, 4) is 0 Å². The normalized spacial score (nSPS) is 37.0. The second-order valence-electron chi connectivity index (χ2n) is 7.27. The van der Waals surface area contributed by atoms with Gasteiger partial charge in [0, 0.05) is 5.41 Å². The van der Waals surface area contributed by atoms with Crippen LogP contribution in [0.2, 0.25) is 0 Å². The molecule has 0 unspecified atom stereocenters. The van der Waals surface area contributed by atoms with E-state index in [9.17, 15) is 13.6 Å².